The first kappa shape index (κ1) is 14.0. The second kappa shape index (κ2) is 5.45. The Morgan fingerprint density at radius 2 is 1.75 bits per heavy atom. The molecule has 0 spiro atoms. The maximum Gasteiger partial charge on any atom is 0.246 e. The van der Waals surface area contributed by atoms with Crippen LogP contribution in [0, 0.1) is 11.7 Å². The van der Waals surface area contributed by atoms with E-state index in [2.05, 4.69) is 0 Å². The molecule has 1 aliphatic carbocycles. The summed E-state index contributed by atoms with van der Waals surface area (Å²) in [6, 6.07) is 5.76. The Hall–Kier alpha value is -0.940. The number of nitrogens with zero attached hydrogens (tertiary/aromatic N) is 1. The van der Waals surface area contributed by atoms with E-state index >= 15 is 0 Å². The molecule has 0 bridgehead atoms. The Morgan fingerprint density at radius 3 is 2.45 bits per heavy atom. The SMILES string of the molecule is O=S(=O)(c1ccccc1F)N1CCCC1C1CCCC1. The molecule has 1 heterocycles. The monoisotopic (exact) mass is 297 g/mol. The van der Waals surface area contributed by atoms with Crippen molar-refractivity contribution in [3.8, 4) is 0 Å². The lowest BCUT2D eigenvalue weighted by Gasteiger charge is -2.28. The lowest BCUT2D eigenvalue weighted by Crippen LogP contribution is -2.39. The topological polar surface area (TPSA) is 37.4 Å². The van der Waals surface area contributed by atoms with Crippen LogP contribution in [0.2, 0.25) is 0 Å². The molecule has 1 unspecified atom stereocenters. The van der Waals surface area contributed by atoms with Crippen molar-refractivity contribution in [2.24, 2.45) is 5.92 Å². The first-order chi connectivity index (χ1) is 9.60. The third kappa shape index (κ3) is 2.37. The summed E-state index contributed by atoms with van der Waals surface area (Å²) in [6.45, 7) is 0.526. The van der Waals surface area contributed by atoms with Gasteiger partial charge in [-0.3, -0.25) is 0 Å². The molecule has 0 aromatic heterocycles. The van der Waals surface area contributed by atoms with Crippen molar-refractivity contribution in [2.45, 2.75) is 49.5 Å². The third-order valence-corrected chi connectivity index (χ3v) is 6.57. The van der Waals surface area contributed by atoms with Crippen LogP contribution in [0.4, 0.5) is 4.39 Å². The number of halogens is 1. The largest absolute Gasteiger partial charge is 0.246 e. The molecular formula is C15H20FNO2S. The number of hydrogen-bond acceptors (Lipinski definition) is 2. The highest BCUT2D eigenvalue weighted by molar-refractivity contribution is 7.89. The zero-order valence-corrected chi connectivity index (χ0v) is 12.3. The summed E-state index contributed by atoms with van der Waals surface area (Å²) in [6.07, 6.45) is 6.39. The molecule has 0 radical (unpaired) electrons. The van der Waals surface area contributed by atoms with Crippen LogP contribution in [0.25, 0.3) is 0 Å². The Kier molecular flexibility index (Phi) is 3.82. The van der Waals surface area contributed by atoms with E-state index in [1.807, 2.05) is 0 Å². The highest BCUT2D eigenvalue weighted by Crippen LogP contribution is 2.38. The smallest absolute Gasteiger partial charge is 0.207 e. The predicted octanol–water partition coefficient (Wildman–Crippen LogP) is 3.17. The average Bonchev–Trinajstić information content (AvgIpc) is 3.10. The summed E-state index contributed by atoms with van der Waals surface area (Å²) in [5, 5.41) is 0. The Bertz CT molecular complexity index is 581. The van der Waals surface area contributed by atoms with Crippen LogP contribution in [0.1, 0.15) is 38.5 Å². The maximum atomic E-state index is 13.8. The normalized spacial score (nSPS) is 25.4. The van der Waals surface area contributed by atoms with E-state index < -0.39 is 15.8 Å². The van der Waals surface area contributed by atoms with E-state index in [0.717, 1.165) is 25.7 Å². The van der Waals surface area contributed by atoms with E-state index in [1.54, 1.807) is 10.4 Å². The molecule has 1 saturated heterocycles. The molecule has 5 heteroatoms. The second-order valence-electron chi connectivity index (χ2n) is 5.80. The fourth-order valence-electron chi connectivity index (χ4n) is 3.66. The Morgan fingerprint density at radius 1 is 1.05 bits per heavy atom. The maximum absolute atomic E-state index is 13.8. The zero-order chi connectivity index (χ0) is 14.2. The molecule has 2 aliphatic rings. The van der Waals surface area contributed by atoms with Crippen LogP contribution in [0.5, 0.6) is 0 Å². The van der Waals surface area contributed by atoms with Crippen LogP contribution in [0.3, 0.4) is 0 Å². The van der Waals surface area contributed by atoms with Gasteiger partial charge < -0.3 is 0 Å². The molecule has 0 amide bonds. The minimum Gasteiger partial charge on any atom is -0.207 e. The van der Waals surface area contributed by atoms with Gasteiger partial charge in [0.2, 0.25) is 10.0 Å². The van der Waals surface area contributed by atoms with Crippen LogP contribution < -0.4 is 0 Å². The number of benzene rings is 1. The van der Waals surface area contributed by atoms with Gasteiger partial charge in [-0.15, -0.1) is 0 Å². The van der Waals surface area contributed by atoms with Crippen LogP contribution in [-0.2, 0) is 10.0 Å². The quantitative estimate of drug-likeness (QED) is 0.859. The predicted molar refractivity (Wildman–Crippen MR) is 75.3 cm³/mol. The molecule has 110 valence electrons. The third-order valence-electron chi connectivity index (χ3n) is 4.62. The molecule has 1 aromatic rings. The van der Waals surface area contributed by atoms with E-state index in [0.29, 0.717) is 12.5 Å². The van der Waals surface area contributed by atoms with Crippen LogP contribution in [0.15, 0.2) is 29.2 Å². The molecule has 1 atom stereocenters. The van der Waals surface area contributed by atoms with E-state index in [9.17, 15) is 12.8 Å². The van der Waals surface area contributed by atoms with Crippen molar-refractivity contribution in [1.82, 2.24) is 4.31 Å². The fraction of sp³-hybridized carbons (Fsp3) is 0.600. The Labute approximate surface area is 119 Å². The van der Waals surface area contributed by atoms with E-state index in [-0.39, 0.29) is 10.9 Å². The highest BCUT2D eigenvalue weighted by atomic mass is 32.2. The number of rotatable bonds is 3. The summed E-state index contributed by atoms with van der Waals surface area (Å²) in [4.78, 5) is -0.176. The van der Waals surface area contributed by atoms with Gasteiger partial charge in [0.05, 0.1) is 0 Å². The van der Waals surface area contributed by atoms with Crippen molar-refractivity contribution in [3.05, 3.63) is 30.1 Å². The summed E-state index contributed by atoms with van der Waals surface area (Å²) in [5.74, 6) is -0.191. The molecule has 0 N–H and O–H groups in total. The Balaban J connectivity index is 1.92. The van der Waals surface area contributed by atoms with Gasteiger partial charge in [-0.1, -0.05) is 25.0 Å². The lowest BCUT2D eigenvalue weighted by atomic mass is 9.97. The van der Waals surface area contributed by atoms with E-state index in [1.165, 1.54) is 31.0 Å². The van der Waals surface area contributed by atoms with Gasteiger partial charge in [-0.2, -0.15) is 4.31 Å². The fourth-order valence-corrected chi connectivity index (χ4v) is 5.48. The van der Waals surface area contributed by atoms with Crippen LogP contribution >= 0.6 is 0 Å². The van der Waals surface area contributed by atoms with Gasteiger partial charge in [0.1, 0.15) is 10.7 Å². The zero-order valence-electron chi connectivity index (χ0n) is 11.5. The summed E-state index contributed by atoms with van der Waals surface area (Å²) < 4.78 is 40.8. The molecule has 20 heavy (non-hydrogen) atoms. The minimum absolute atomic E-state index is 0.0714. The first-order valence-electron chi connectivity index (χ1n) is 7.37. The lowest BCUT2D eigenvalue weighted by molar-refractivity contribution is 0.287. The first-order valence-corrected chi connectivity index (χ1v) is 8.81. The molecular weight excluding hydrogens is 277 g/mol. The van der Waals surface area contributed by atoms with Crippen molar-refractivity contribution < 1.29 is 12.8 Å². The van der Waals surface area contributed by atoms with Crippen molar-refractivity contribution >= 4 is 10.0 Å². The number of hydrogen-bond donors (Lipinski definition) is 0. The average molecular weight is 297 g/mol. The van der Waals surface area contributed by atoms with Gasteiger partial charge in [0.15, 0.2) is 0 Å². The number of sulfonamides is 1. The molecule has 2 fully saturated rings. The molecule has 1 aromatic carbocycles. The summed E-state index contributed by atoms with van der Waals surface area (Å²) in [5.41, 5.74) is 0. The van der Waals surface area contributed by atoms with Gasteiger partial charge in [0, 0.05) is 12.6 Å². The van der Waals surface area contributed by atoms with Crippen molar-refractivity contribution in [3.63, 3.8) is 0 Å². The highest BCUT2D eigenvalue weighted by Gasteiger charge is 2.40. The van der Waals surface area contributed by atoms with Gasteiger partial charge in [0.25, 0.3) is 0 Å². The molecule has 1 aliphatic heterocycles. The van der Waals surface area contributed by atoms with Crippen molar-refractivity contribution in [1.29, 1.82) is 0 Å². The molecule has 3 rings (SSSR count). The second-order valence-corrected chi connectivity index (χ2v) is 7.66. The van der Waals surface area contributed by atoms with Crippen LogP contribution in [-0.4, -0.2) is 25.3 Å². The summed E-state index contributed by atoms with van der Waals surface area (Å²) >= 11 is 0. The standard InChI is InChI=1S/C15H20FNO2S/c16-13-8-3-4-10-15(13)20(18,19)17-11-5-9-14(17)12-6-1-2-7-12/h3-4,8,10,12,14H,1-2,5-7,9,11H2. The van der Waals surface area contributed by atoms with Gasteiger partial charge >= 0.3 is 0 Å². The molecule has 1 saturated carbocycles. The van der Waals surface area contributed by atoms with Gasteiger partial charge in [-0.25, -0.2) is 12.8 Å². The molecule has 3 nitrogen and oxygen atoms in total. The minimum atomic E-state index is -3.70. The van der Waals surface area contributed by atoms with Gasteiger partial charge in [-0.05, 0) is 43.7 Å². The van der Waals surface area contributed by atoms with E-state index in [4.69, 9.17) is 0 Å². The summed E-state index contributed by atoms with van der Waals surface area (Å²) in [7, 11) is -3.70. The van der Waals surface area contributed by atoms with Crippen molar-refractivity contribution in [2.75, 3.05) is 6.54 Å².